The Morgan fingerprint density at radius 3 is 3.20 bits per heavy atom. The highest BCUT2D eigenvalue weighted by atomic mass is 35.5. The fourth-order valence-corrected chi connectivity index (χ4v) is 1.66. The van der Waals surface area contributed by atoms with Crippen molar-refractivity contribution in [3.05, 3.63) is 23.6 Å². The van der Waals surface area contributed by atoms with Crippen LogP contribution in [0.4, 0.5) is 0 Å². The molecule has 50 valence electrons. The van der Waals surface area contributed by atoms with Gasteiger partial charge in [-0.05, 0) is 17.6 Å². The molecule has 0 saturated heterocycles. The van der Waals surface area contributed by atoms with Crippen molar-refractivity contribution in [3.63, 3.8) is 0 Å². The minimum Gasteiger partial charge on any atom is -0.243 e. The van der Waals surface area contributed by atoms with Crippen LogP contribution in [0.25, 0.3) is 10.1 Å². The zero-order valence-corrected chi connectivity index (χ0v) is 6.49. The van der Waals surface area contributed by atoms with Gasteiger partial charge in [0.2, 0.25) is 0 Å². The molecular formula is C6H3ClN2S. The van der Waals surface area contributed by atoms with E-state index in [0.717, 1.165) is 10.1 Å². The number of fused-ring (bicyclic) bond motifs is 1. The van der Waals surface area contributed by atoms with Gasteiger partial charge in [0.05, 0.1) is 4.70 Å². The lowest BCUT2D eigenvalue weighted by molar-refractivity contribution is 1.37. The summed E-state index contributed by atoms with van der Waals surface area (Å²) in [4.78, 5) is 3.92. The summed E-state index contributed by atoms with van der Waals surface area (Å²) in [6.45, 7) is 0. The molecule has 4 heteroatoms. The number of hydrogen-bond donors (Lipinski definition) is 0. The van der Waals surface area contributed by atoms with Gasteiger partial charge in [-0.3, -0.25) is 0 Å². The van der Waals surface area contributed by atoms with Crippen LogP contribution in [0.2, 0.25) is 5.15 Å². The first-order valence-electron chi connectivity index (χ1n) is 2.73. The molecule has 0 saturated carbocycles. The van der Waals surface area contributed by atoms with Gasteiger partial charge in [-0.2, -0.15) is 4.37 Å². The van der Waals surface area contributed by atoms with Crippen molar-refractivity contribution in [2.45, 2.75) is 0 Å². The van der Waals surface area contributed by atoms with Crippen LogP contribution in [0.1, 0.15) is 0 Å². The normalized spacial score (nSPS) is 10.5. The number of halogens is 1. The number of hydrogen-bond acceptors (Lipinski definition) is 3. The second-order valence-electron chi connectivity index (χ2n) is 1.85. The van der Waals surface area contributed by atoms with Crippen LogP contribution in [0.5, 0.6) is 0 Å². The molecule has 0 radical (unpaired) electrons. The quantitative estimate of drug-likeness (QED) is 0.568. The van der Waals surface area contributed by atoms with Crippen molar-refractivity contribution in [2.24, 2.45) is 0 Å². The minimum absolute atomic E-state index is 0.542. The Hall–Kier alpha value is -0.670. The third kappa shape index (κ3) is 0.786. The van der Waals surface area contributed by atoms with Crippen LogP contribution in [-0.4, -0.2) is 9.36 Å². The largest absolute Gasteiger partial charge is 0.243 e. The third-order valence-electron chi connectivity index (χ3n) is 1.23. The smallest absolute Gasteiger partial charge is 0.148 e. The van der Waals surface area contributed by atoms with Crippen molar-refractivity contribution in [1.29, 1.82) is 0 Å². The van der Waals surface area contributed by atoms with Gasteiger partial charge < -0.3 is 0 Å². The maximum Gasteiger partial charge on any atom is 0.148 e. The minimum atomic E-state index is 0.542. The summed E-state index contributed by atoms with van der Waals surface area (Å²) in [5.74, 6) is 0. The second kappa shape index (κ2) is 2.18. The zero-order valence-electron chi connectivity index (χ0n) is 4.91. The van der Waals surface area contributed by atoms with Gasteiger partial charge in [-0.15, -0.1) is 0 Å². The fraction of sp³-hybridized carbons (Fsp3) is 0. The van der Waals surface area contributed by atoms with Gasteiger partial charge in [0.25, 0.3) is 0 Å². The van der Waals surface area contributed by atoms with Crippen LogP contribution in [0.15, 0.2) is 18.5 Å². The predicted octanol–water partition coefficient (Wildman–Crippen LogP) is 2.34. The molecule has 10 heavy (non-hydrogen) atoms. The Kier molecular flexibility index (Phi) is 1.32. The Balaban J connectivity index is 2.95. The molecule has 2 aromatic heterocycles. The summed E-state index contributed by atoms with van der Waals surface area (Å²) in [5, 5.41) is 1.60. The molecule has 0 bridgehead atoms. The van der Waals surface area contributed by atoms with E-state index in [2.05, 4.69) is 9.36 Å². The number of rotatable bonds is 0. The SMILES string of the molecule is Clc1nccc2cnsc12. The summed E-state index contributed by atoms with van der Waals surface area (Å²) in [5.41, 5.74) is 0. The van der Waals surface area contributed by atoms with Gasteiger partial charge in [0, 0.05) is 17.8 Å². The molecule has 0 fully saturated rings. The third-order valence-corrected chi connectivity index (χ3v) is 2.45. The Morgan fingerprint density at radius 2 is 2.40 bits per heavy atom. The number of aromatic nitrogens is 2. The predicted molar refractivity (Wildman–Crippen MR) is 42.4 cm³/mol. The maximum atomic E-state index is 5.76. The van der Waals surface area contributed by atoms with E-state index in [-0.39, 0.29) is 0 Å². The highest BCUT2D eigenvalue weighted by Crippen LogP contribution is 2.23. The molecule has 2 aromatic rings. The summed E-state index contributed by atoms with van der Waals surface area (Å²) in [6.07, 6.45) is 3.46. The van der Waals surface area contributed by atoms with Crippen molar-refractivity contribution in [3.8, 4) is 0 Å². The lowest BCUT2D eigenvalue weighted by atomic mass is 10.4. The van der Waals surface area contributed by atoms with E-state index in [4.69, 9.17) is 11.6 Å². The van der Waals surface area contributed by atoms with Crippen molar-refractivity contribution in [2.75, 3.05) is 0 Å². The lowest BCUT2D eigenvalue weighted by Crippen LogP contribution is -1.70. The first-order chi connectivity index (χ1) is 4.88. The van der Waals surface area contributed by atoms with E-state index in [0.29, 0.717) is 5.15 Å². The van der Waals surface area contributed by atoms with Crippen molar-refractivity contribution < 1.29 is 0 Å². The molecule has 0 N–H and O–H groups in total. The van der Waals surface area contributed by atoms with Gasteiger partial charge in [0.15, 0.2) is 0 Å². The Labute approximate surface area is 66.6 Å². The molecule has 0 aromatic carbocycles. The van der Waals surface area contributed by atoms with E-state index >= 15 is 0 Å². The summed E-state index contributed by atoms with van der Waals surface area (Å²) >= 11 is 7.13. The van der Waals surface area contributed by atoms with Crippen LogP contribution < -0.4 is 0 Å². The summed E-state index contributed by atoms with van der Waals surface area (Å²) in [6, 6.07) is 1.89. The second-order valence-corrected chi connectivity index (χ2v) is 3.01. The van der Waals surface area contributed by atoms with Crippen LogP contribution in [0, 0.1) is 0 Å². The van der Waals surface area contributed by atoms with E-state index in [1.807, 2.05) is 6.07 Å². The van der Waals surface area contributed by atoms with E-state index < -0.39 is 0 Å². The highest BCUT2D eigenvalue weighted by Gasteiger charge is 1.99. The van der Waals surface area contributed by atoms with Gasteiger partial charge in [0.1, 0.15) is 5.15 Å². The molecule has 0 aliphatic heterocycles. The molecule has 0 atom stereocenters. The average molecular weight is 171 g/mol. The number of pyridine rings is 1. The first-order valence-corrected chi connectivity index (χ1v) is 3.88. The van der Waals surface area contributed by atoms with Crippen LogP contribution >= 0.6 is 23.1 Å². The molecule has 0 aliphatic carbocycles. The standard InChI is InChI=1S/C6H3ClN2S/c7-6-5-4(1-2-8-6)3-9-10-5/h1-3H. The number of nitrogens with zero attached hydrogens (tertiary/aromatic N) is 2. The molecule has 0 spiro atoms. The van der Waals surface area contributed by atoms with Crippen molar-refractivity contribution in [1.82, 2.24) is 9.36 Å². The fourth-order valence-electron chi connectivity index (χ4n) is 0.764. The van der Waals surface area contributed by atoms with Gasteiger partial charge in [-0.25, -0.2) is 4.98 Å². The average Bonchev–Trinajstić information content (AvgIpc) is 2.36. The molecule has 2 nitrogen and oxygen atoms in total. The molecule has 2 rings (SSSR count). The van der Waals surface area contributed by atoms with Gasteiger partial charge >= 0.3 is 0 Å². The molecular weight excluding hydrogens is 168 g/mol. The molecule has 0 unspecified atom stereocenters. The maximum absolute atomic E-state index is 5.76. The highest BCUT2D eigenvalue weighted by molar-refractivity contribution is 7.14. The van der Waals surface area contributed by atoms with Crippen LogP contribution in [-0.2, 0) is 0 Å². The lowest BCUT2D eigenvalue weighted by Gasteiger charge is -1.86. The first kappa shape index (κ1) is 6.07. The topological polar surface area (TPSA) is 25.8 Å². The molecule has 0 amide bonds. The Morgan fingerprint density at radius 1 is 1.50 bits per heavy atom. The summed E-state index contributed by atoms with van der Waals surface area (Å²) < 4.78 is 4.94. The van der Waals surface area contributed by atoms with E-state index in [1.165, 1.54) is 11.5 Å². The molecule has 0 aliphatic rings. The van der Waals surface area contributed by atoms with Crippen LogP contribution in [0.3, 0.4) is 0 Å². The van der Waals surface area contributed by atoms with E-state index in [9.17, 15) is 0 Å². The van der Waals surface area contributed by atoms with Crippen molar-refractivity contribution >= 4 is 33.2 Å². The monoisotopic (exact) mass is 170 g/mol. The molecule has 2 heterocycles. The summed E-state index contributed by atoms with van der Waals surface area (Å²) in [7, 11) is 0. The van der Waals surface area contributed by atoms with Gasteiger partial charge in [-0.1, -0.05) is 11.6 Å². The Bertz CT molecular complexity index is 357. The van der Waals surface area contributed by atoms with E-state index in [1.54, 1.807) is 12.4 Å². The zero-order chi connectivity index (χ0) is 6.97.